The molecule has 76 valence electrons. The summed E-state index contributed by atoms with van der Waals surface area (Å²) in [5, 5.41) is 3.23. The Labute approximate surface area is 110 Å². The van der Waals surface area contributed by atoms with Crippen molar-refractivity contribution in [3.05, 3.63) is 24.3 Å². The van der Waals surface area contributed by atoms with Gasteiger partial charge in [0.1, 0.15) is 5.75 Å². The predicted octanol–water partition coefficient (Wildman–Crippen LogP) is -1.76. The van der Waals surface area contributed by atoms with Gasteiger partial charge in [-0.2, -0.15) is 0 Å². The van der Waals surface area contributed by atoms with E-state index in [9.17, 15) is 13.0 Å². The van der Waals surface area contributed by atoms with Gasteiger partial charge in [0.05, 0.1) is 12.8 Å². The Bertz CT molecular complexity index is 446. The first kappa shape index (κ1) is 14.5. The van der Waals surface area contributed by atoms with E-state index in [0.717, 1.165) is 0 Å². The van der Waals surface area contributed by atoms with Crippen LogP contribution in [0.25, 0.3) is 0 Å². The van der Waals surface area contributed by atoms with Gasteiger partial charge in [-0.05, 0) is 12.1 Å². The monoisotopic (exact) mass is 238 g/mol. The van der Waals surface area contributed by atoms with Gasteiger partial charge in [0, 0.05) is 6.07 Å². The fourth-order valence-electron chi connectivity index (χ4n) is 0.770. The molecule has 0 saturated heterocycles. The minimum atomic E-state index is -4.67. The number of hydrogen-bond acceptors (Lipinski definition) is 5. The zero-order valence-electron chi connectivity index (χ0n) is 8.25. The minimum absolute atomic E-state index is 0. The van der Waals surface area contributed by atoms with Gasteiger partial charge in [0.15, 0.2) is 0 Å². The molecule has 0 amide bonds. The second-order valence-electron chi connectivity index (χ2n) is 2.31. The molecule has 0 aliphatic rings. The van der Waals surface area contributed by atoms with Crippen LogP contribution in [0.15, 0.2) is 33.9 Å². The molecule has 0 aromatic heterocycles. The molecule has 1 rings (SSSR count). The standard InChI is InChI=1S/C7H8N2O4S.Na/c1-13-7-4-2-3-6(5-7)8-9-14(10,11)12;/h2-5H,1H3,(H,10,11,12);/q;+1/p-1. The first-order valence-electron chi connectivity index (χ1n) is 3.54. The van der Waals surface area contributed by atoms with Gasteiger partial charge < -0.3 is 9.29 Å². The Morgan fingerprint density at radius 3 is 2.60 bits per heavy atom. The number of methoxy groups -OCH3 is 1. The molecular weight excluding hydrogens is 231 g/mol. The van der Waals surface area contributed by atoms with E-state index in [4.69, 9.17) is 4.74 Å². The predicted molar refractivity (Wildman–Crippen MR) is 47.2 cm³/mol. The van der Waals surface area contributed by atoms with Crippen molar-refractivity contribution in [3.63, 3.8) is 0 Å². The normalized spacial score (nSPS) is 11.1. The molecule has 15 heavy (non-hydrogen) atoms. The quantitative estimate of drug-likeness (QED) is 0.354. The maximum Gasteiger partial charge on any atom is 1.00 e. The van der Waals surface area contributed by atoms with Crippen LogP contribution < -0.4 is 34.3 Å². The van der Waals surface area contributed by atoms with Crippen LogP contribution in [0.2, 0.25) is 0 Å². The molecule has 0 aliphatic carbocycles. The van der Waals surface area contributed by atoms with Gasteiger partial charge in [-0.1, -0.05) is 10.6 Å². The molecule has 0 N–H and O–H groups in total. The number of rotatable bonds is 3. The molecule has 0 heterocycles. The third-order valence-electron chi connectivity index (χ3n) is 1.31. The molecule has 0 fully saturated rings. The molecule has 0 saturated carbocycles. The third-order valence-corrected chi connectivity index (χ3v) is 1.59. The van der Waals surface area contributed by atoms with E-state index in [1.165, 1.54) is 19.2 Å². The van der Waals surface area contributed by atoms with E-state index in [2.05, 4.69) is 9.63 Å². The van der Waals surface area contributed by atoms with E-state index in [0.29, 0.717) is 5.75 Å². The van der Waals surface area contributed by atoms with E-state index >= 15 is 0 Å². The van der Waals surface area contributed by atoms with E-state index in [-0.39, 0.29) is 35.2 Å². The maximum atomic E-state index is 10.1. The summed E-state index contributed by atoms with van der Waals surface area (Å²) in [6.07, 6.45) is 0. The fraction of sp³-hybridized carbons (Fsp3) is 0.143. The molecule has 6 nitrogen and oxygen atoms in total. The Morgan fingerprint density at radius 2 is 2.07 bits per heavy atom. The Balaban J connectivity index is 0.00000196. The largest absolute Gasteiger partial charge is 1.00 e. The molecule has 0 bridgehead atoms. The molecule has 0 atom stereocenters. The van der Waals surface area contributed by atoms with Crippen LogP contribution in [0.4, 0.5) is 5.69 Å². The zero-order valence-corrected chi connectivity index (χ0v) is 11.1. The summed E-state index contributed by atoms with van der Waals surface area (Å²) in [6, 6.07) is 6.21. The van der Waals surface area contributed by atoms with Gasteiger partial charge in [0.2, 0.25) is 10.3 Å². The zero-order chi connectivity index (χ0) is 10.6. The van der Waals surface area contributed by atoms with Crippen LogP contribution in [-0.4, -0.2) is 20.1 Å². The van der Waals surface area contributed by atoms with Crippen LogP contribution in [-0.2, 0) is 10.3 Å². The SMILES string of the molecule is COc1cccc(N=NS(=O)(=O)[O-])c1.[Na+]. The average Bonchev–Trinajstić information content (AvgIpc) is 2.14. The maximum absolute atomic E-state index is 10.1. The van der Waals surface area contributed by atoms with Gasteiger partial charge in [-0.3, -0.25) is 0 Å². The summed E-state index contributed by atoms with van der Waals surface area (Å²) >= 11 is 0. The van der Waals surface area contributed by atoms with Crippen molar-refractivity contribution in [1.82, 2.24) is 0 Å². The summed E-state index contributed by atoms with van der Waals surface area (Å²) < 4.78 is 37.8. The van der Waals surface area contributed by atoms with Crippen molar-refractivity contribution in [2.75, 3.05) is 7.11 Å². The van der Waals surface area contributed by atoms with Gasteiger partial charge in [-0.15, -0.1) is 5.11 Å². The van der Waals surface area contributed by atoms with Crippen LogP contribution in [0.1, 0.15) is 0 Å². The van der Waals surface area contributed by atoms with E-state index in [1.54, 1.807) is 12.1 Å². The Kier molecular flexibility index (Phi) is 5.99. The van der Waals surface area contributed by atoms with Crippen LogP contribution in [0, 0.1) is 0 Å². The van der Waals surface area contributed by atoms with Gasteiger partial charge >= 0.3 is 29.6 Å². The molecule has 1 aromatic carbocycles. The molecule has 0 unspecified atom stereocenters. The average molecular weight is 238 g/mol. The molecule has 8 heteroatoms. The summed E-state index contributed by atoms with van der Waals surface area (Å²) in [6.45, 7) is 0. The van der Waals surface area contributed by atoms with Crippen molar-refractivity contribution in [3.8, 4) is 5.75 Å². The van der Waals surface area contributed by atoms with E-state index < -0.39 is 10.3 Å². The topological polar surface area (TPSA) is 91.2 Å². The van der Waals surface area contributed by atoms with Crippen LogP contribution >= 0.6 is 0 Å². The molecule has 1 aromatic rings. The van der Waals surface area contributed by atoms with Crippen molar-refractivity contribution in [1.29, 1.82) is 0 Å². The van der Waals surface area contributed by atoms with Crippen LogP contribution in [0.3, 0.4) is 0 Å². The molecule has 0 aliphatic heterocycles. The summed E-state index contributed by atoms with van der Waals surface area (Å²) in [7, 11) is -3.22. The first-order chi connectivity index (χ1) is 6.51. The minimum Gasteiger partial charge on any atom is -0.728 e. The summed E-state index contributed by atoms with van der Waals surface area (Å²) in [5.41, 5.74) is 0.240. The Morgan fingerprint density at radius 1 is 1.40 bits per heavy atom. The van der Waals surface area contributed by atoms with Gasteiger partial charge in [-0.25, -0.2) is 8.42 Å². The van der Waals surface area contributed by atoms with Crippen LogP contribution in [0.5, 0.6) is 5.75 Å². The fourth-order valence-corrected chi connectivity index (χ4v) is 0.964. The molecule has 0 radical (unpaired) electrons. The smallest absolute Gasteiger partial charge is 0.728 e. The second-order valence-corrected chi connectivity index (χ2v) is 3.33. The van der Waals surface area contributed by atoms with Gasteiger partial charge in [0.25, 0.3) is 0 Å². The Hall–Kier alpha value is -0.470. The van der Waals surface area contributed by atoms with Crippen molar-refractivity contribution >= 4 is 16.0 Å². The number of nitrogens with zero attached hydrogens (tertiary/aromatic N) is 2. The number of benzene rings is 1. The van der Waals surface area contributed by atoms with E-state index in [1.807, 2.05) is 0 Å². The first-order valence-corrected chi connectivity index (χ1v) is 4.91. The van der Waals surface area contributed by atoms with Crippen molar-refractivity contribution < 1.29 is 47.3 Å². The molecule has 0 spiro atoms. The molecular formula is C7H7N2NaO4S. The number of hydrogen-bond donors (Lipinski definition) is 0. The number of ether oxygens (including phenoxy) is 1. The summed E-state index contributed by atoms with van der Waals surface area (Å²) in [5.74, 6) is 0.504. The van der Waals surface area contributed by atoms with Crippen molar-refractivity contribution in [2.24, 2.45) is 9.63 Å². The second kappa shape index (κ2) is 6.19. The summed E-state index contributed by atoms with van der Waals surface area (Å²) in [4.78, 5) is 0. The third kappa shape index (κ3) is 5.85. The van der Waals surface area contributed by atoms with Crippen molar-refractivity contribution in [2.45, 2.75) is 0 Å².